The quantitative estimate of drug-likeness (QED) is 0.447. The van der Waals surface area contributed by atoms with E-state index < -0.39 is 7.40 Å². The van der Waals surface area contributed by atoms with Crippen molar-refractivity contribution < 1.29 is 18.1 Å². The standard InChI is InChI=1S/C25H25BF2N2O2/c1-14-11-16(3)29-24(14)23(25-15(2)12-17(4)30(25)26(27)28)20-9-10-22(32-6)19-8-7-18(31-5)13-21(19)20/h7-13H,1-6H3/b24-23-. The number of allylic oxidation sites excluding steroid dienone is 2. The smallest absolute Gasteiger partial charge is 0.497 e. The topological polar surface area (TPSA) is 35.8 Å². The highest BCUT2D eigenvalue weighted by Gasteiger charge is 2.30. The van der Waals surface area contributed by atoms with E-state index in [9.17, 15) is 8.63 Å². The molecule has 0 unspecified atom stereocenters. The summed E-state index contributed by atoms with van der Waals surface area (Å²) in [6.07, 6.45) is 1.97. The molecule has 32 heavy (non-hydrogen) atoms. The zero-order valence-electron chi connectivity index (χ0n) is 19.1. The van der Waals surface area contributed by atoms with Gasteiger partial charge in [0, 0.05) is 28.1 Å². The molecule has 0 aliphatic carbocycles. The van der Waals surface area contributed by atoms with E-state index in [0.717, 1.165) is 37.7 Å². The normalized spacial score (nSPS) is 15.0. The number of nitrogens with zero attached hydrogens (tertiary/aromatic N) is 2. The molecule has 0 saturated carbocycles. The number of hydrogen-bond acceptors (Lipinski definition) is 3. The van der Waals surface area contributed by atoms with Gasteiger partial charge < -0.3 is 14.0 Å². The van der Waals surface area contributed by atoms with E-state index in [2.05, 4.69) is 0 Å². The Kier molecular flexibility index (Phi) is 5.67. The number of hydrogen-bond donors (Lipinski definition) is 0. The number of aromatic nitrogens is 1. The fraction of sp³-hybridized carbons (Fsp3) is 0.240. The predicted octanol–water partition coefficient (Wildman–Crippen LogP) is 6.23. The van der Waals surface area contributed by atoms with E-state index in [1.807, 2.05) is 57.2 Å². The summed E-state index contributed by atoms with van der Waals surface area (Å²) in [6, 6.07) is 11.3. The third-order valence-electron chi connectivity index (χ3n) is 5.85. The van der Waals surface area contributed by atoms with Gasteiger partial charge in [0.2, 0.25) is 0 Å². The summed E-state index contributed by atoms with van der Waals surface area (Å²) in [4.78, 5) is 4.75. The molecule has 2 heterocycles. The molecular weight excluding hydrogens is 409 g/mol. The van der Waals surface area contributed by atoms with Gasteiger partial charge >= 0.3 is 7.40 Å². The van der Waals surface area contributed by atoms with E-state index in [-0.39, 0.29) is 0 Å². The Morgan fingerprint density at radius 1 is 0.938 bits per heavy atom. The lowest BCUT2D eigenvalue weighted by Crippen LogP contribution is -2.18. The fourth-order valence-corrected chi connectivity index (χ4v) is 4.51. The summed E-state index contributed by atoms with van der Waals surface area (Å²) < 4.78 is 40.6. The van der Waals surface area contributed by atoms with E-state index in [1.54, 1.807) is 27.2 Å². The van der Waals surface area contributed by atoms with Crippen LogP contribution in [0.25, 0.3) is 16.3 Å². The van der Waals surface area contributed by atoms with Gasteiger partial charge in [0.25, 0.3) is 0 Å². The summed E-state index contributed by atoms with van der Waals surface area (Å²) in [6.45, 7) is 7.43. The Bertz CT molecular complexity index is 1320. The van der Waals surface area contributed by atoms with Crippen molar-refractivity contribution in [3.8, 4) is 11.5 Å². The lowest BCUT2D eigenvalue weighted by Gasteiger charge is -2.19. The van der Waals surface area contributed by atoms with E-state index >= 15 is 0 Å². The maximum atomic E-state index is 14.2. The molecule has 0 N–H and O–H groups in total. The van der Waals surface area contributed by atoms with Crippen LogP contribution in [0.2, 0.25) is 0 Å². The minimum atomic E-state index is -2.68. The van der Waals surface area contributed by atoms with Crippen LogP contribution in [0.15, 0.2) is 58.7 Å². The first-order valence-corrected chi connectivity index (χ1v) is 10.4. The molecule has 1 aliphatic heterocycles. The zero-order chi connectivity index (χ0) is 23.2. The highest BCUT2D eigenvalue weighted by Crippen LogP contribution is 2.42. The van der Waals surface area contributed by atoms with Gasteiger partial charge in [-0.15, -0.1) is 0 Å². The van der Waals surface area contributed by atoms with Crippen LogP contribution in [0.3, 0.4) is 0 Å². The number of aryl methyl sites for hydroxylation is 2. The summed E-state index contributed by atoms with van der Waals surface area (Å²) in [7, 11) is 0.544. The Hall–Kier alpha value is -3.35. The Balaban J connectivity index is 2.18. The van der Waals surface area contributed by atoms with Gasteiger partial charge in [0.1, 0.15) is 11.5 Å². The molecule has 0 radical (unpaired) electrons. The first-order valence-electron chi connectivity index (χ1n) is 10.4. The SMILES string of the molecule is COc1ccc2c(OC)ccc(/C(=C3/N=C(C)C=C3C)c3c(C)cc(C)n3B(F)F)c2c1. The minimum absolute atomic E-state index is 0.466. The number of halogens is 2. The molecule has 0 atom stereocenters. The van der Waals surface area contributed by atoms with Gasteiger partial charge in [0.15, 0.2) is 0 Å². The number of fused-ring (bicyclic) bond motifs is 1. The van der Waals surface area contributed by atoms with Gasteiger partial charge in [-0.2, -0.15) is 0 Å². The molecule has 164 valence electrons. The Morgan fingerprint density at radius 3 is 2.28 bits per heavy atom. The number of aliphatic imine (C=N–C) groups is 1. The second-order valence-electron chi connectivity index (χ2n) is 8.00. The van der Waals surface area contributed by atoms with Crippen LogP contribution in [-0.2, 0) is 0 Å². The maximum Gasteiger partial charge on any atom is 0.677 e. The number of benzene rings is 2. The molecule has 4 rings (SSSR count). The van der Waals surface area contributed by atoms with Crippen molar-refractivity contribution in [3.05, 3.63) is 76.3 Å². The highest BCUT2D eigenvalue weighted by molar-refractivity contribution is 6.41. The van der Waals surface area contributed by atoms with Crippen molar-refractivity contribution in [2.24, 2.45) is 4.99 Å². The predicted molar refractivity (Wildman–Crippen MR) is 127 cm³/mol. The molecule has 0 amide bonds. The highest BCUT2D eigenvalue weighted by atomic mass is 19.2. The van der Waals surface area contributed by atoms with Crippen LogP contribution in [0.5, 0.6) is 11.5 Å². The van der Waals surface area contributed by atoms with Gasteiger partial charge in [-0.3, -0.25) is 13.6 Å². The first-order chi connectivity index (χ1) is 15.3. The summed E-state index contributed by atoms with van der Waals surface area (Å²) in [5, 5.41) is 1.71. The van der Waals surface area contributed by atoms with E-state index in [1.165, 1.54) is 0 Å². The van der Waals surface area contributed by atoms with Crippen LogP contribution >= 0.6 is 0 Å². The molecule has 4 nitrogen and oxygen atoms in total. The molecular formula is C25H25BF2N2O2. The summed E-state index contributed by atoms with van der Waals surface area (Å²) >= 11 is 0. The molecule has 2 aromatic carbocycles. The van der Waals surface area contributed by atoms with Crippen LogP contribution in [0.1, 0.15) is 36.4 Å². The molecule has 1 aliphatic rings. The van der Waals surface area contributed by atoms with Crippen molar-refractivity contribution in [3.63, 3.8) is 0 Å². The second kappa shape index (κ2) is 8.30. The third kappa shape index (κ3) is 3.51. The van der Waals surface area contributed by atoms with Gasteiger partial charge in [-0.05, 0) is 92.3 Å². The van der Waals surface area contributed by atoms with Crippen molar-refractivity contribution in [2.75, 3.05) is 14.2 Å². The van der Waals surface area contributed by atoms with Gasteiger partial charge in [-0.1, -0.05) is 0 Å². The lowest BCUT2D eigenvalue weighted by atomic mass is 9.90. The minimum Gasteiger partial charge on any atom is -0.497 e. The molecule has 1 aromatic heterocycles. The Morgan fingerprint density at radius 2 is 1.69 bits per heavy atom. The number of methoxy groups -OCH3 is 2. The fourth-order valence-electron chi connectivity index (χ4n) is 4.51. The lowest BCUT2D eigenvalue weighted by molar-refractivity contribution is 0.414. The van der Waals surface area contributed by atoms with Crippen molar-refractivity contribution >= 4 is 29.5 Å². The van der Waals surface area contributed by atoms with Gasteiger partial charge in [0.05, 0.1) is 19.9 Å². The van der Waals surface area contributed by atoms with Crippen molar-refractivity contribution in [1.29, 1.82) is 0 Å². The Labute approximate surface area is 187 Å². The van der Waals surface area contributed by atoms with E-state index in [0.29, 0.717) is 34.2 Å². The number of ether oxygens (including phenoxy) is 2. The van der Waals surface area contributed by atoms with Crippen LogP contribution in [0.4, 0.5) is 8.63 Å². The molecule has 7 heteroatoms. The molecule has 0 spiro atoms. The first kappa shape index (κ1) is 21.9. The van der Waals surface area contributed by atoms with Crippen molar-refractivity contribution in [1.82, 2.24) is 4.48 Å². The molecule has 0 fully saturated rings. The van der Waals surface area contributed by atoms with Crippen LogP contribution < -0.4 is 9.47 Å². The monoisotopic (exact) mass is 434 g/mol. The largest absolute Gasteiger partial charge is 0.677 e. The average molecular weight is 434 g/mol. The van der Waals surface area contributed by atoms with Crippen LogP contribution in [-0.4, -0.2) is 31.8 Å². The second-order valence-corrected chi connectivity index (χ2v) is 8.00. The van der Waals surface area contributed by atoms with Crippen LogP contribution in [0, 0.1) is 13.8 Å². The van der Waals surface area contributed by atoms with Gasteiger partial charge in [-0.25, -0.2) is 0 Å². The number of rotatable bonds is 5. The summed E-state index contributed by atoms with van der Waals surface area (Å²) in [5.41, 5.74) is 5.67. The molecule has 3 aromatic rings. The average Bonchev–Trinajstić information content (AvgIpc) is 3.25. The maximum absolute atomic E-state index is 14.2. The zero-order valence-corrected chi connectivity index (χ0v) is 19.1. The third-order valence-corrected chi connectivity index (χ3v) is 5.85. The van der Waals surface area contributed by atoms with E-state index in [4.69, 9.17) is 14.5 Å². The molecule has 0 bridgehead atoms. The summed E-state index contributed by atoms with van der Waals surface area (Å²) in [5.74, 6) is 1.37. The van der Waals surface area contributed by atoms with Crippen molar-refractivity contribution in [2.45, 2.75) is 27.7 Å². The molecule has 0 saturated heterocycles.